The molecular weight excluding hydrogens is 313 g/mol. The molecule has 0 atom stereocenters. The Balaban J connectivity index is 1.64. The molecule has 0 aliphatic heterocycles. The molecule has 114 valence electrons. The van der Waals surface area contributed by atoms with Gasteiger partial charge in [0.05, 0.1) is 22.3 Å². The van der Waals surface area contributed by atoms with Crippen molar-refractivity contribution in [1.29, 1.82) is 0 Å². The standard InChI is InChI=1S/C14H17Cl2N3O2/c15-10-2-1-3-11(16)13(10)19-12(20)8-17-6-7-18-14(21)9-4-5-9/h1-3,9,17H,4-8H2,(H,18,21)(H,19,20). The van der Waals surface area contributed by atoms with Crippen LogP contribution in [0.1, 0.15) is 12.8 Å². The van der Waals surface area contributed by atoms with Crippen molar-refractivity contribution in [1.82, 2.24) is 10.6 Å². The van der Waals surface area contributed by atoms with Gasteiger partial charge in [0.1, 0.15) is 0 Å². The van der Waals surface area contributed by atoms with E-state index in [0.29, 0.717) is 28.8 Å². The predicted octanol–water partition coefficient (Wildman–Crippen LogP) is 2.05. The lowest BCUT2D eigenvalue weighted by molar-refractivity contribution is -0.122. The summed E-state index contributed by atoms with van der Waals surface area (Å²) in [6, 6.07) is 5.02. The maximum Gasteiger partial charge on any atom is 0.238 e. The lowest BCUT2D eigenvalue weighted by Crippen LogP contribution is -2.36. The lowest BCUT2D eigenvalue weighted by atomic mass is 10.3. The van der Waals surface area contributed by atoms with Gasteiger partial charge in [-0.05, 0) is 25.0 Å². The molecule has 2 rings (SSSR count). The molecule has 21 heavy (non-hydrogen) atoms. The van der Waals surface area contributed by atoms with E-state index in [9.17, 15) is 9.59 Å². The molecule has 1 aliphatic rings. The quantitative estimate of drug-likeness (QED) is 0.670. The van der Waals surface area contributed by atoms with E-state index in [1.807, 2.05) is 0 Å². The maximum absolute atomic E-state index is 11.8. The molecule has 0 spiro atoms. The highest BCUT2D eigenvalue weighted by Gasteiger charge is 2.28. The van der Waals surface area contributed by atoms with Gasteiger partial charge in [-0.25, -0.2) is 0 Å². The molecule has 0 heterocycles. The van der Waals surface area contributed by atoms with Gasteiger partial charge in [-0.3, -0.25) is 9.59 Å². The third kappa shape index (κ3) is 5.19. The number of halogens is 2. The summed E-state index contributed by atoms with van der Waals surface area (Å²) in [6.07, 6.45) is 1.97. The smallest absolute Gasteiger partial charge is 0.238 e. The van der Waals surface area contributed by atoms with Crippen molar-refractivity contribution in [2.24, 2.45) is 5.92 Å². The molecule has 1 aromatic rings. The monoisotopic (exact) mass is 329 g/mol. The van der Waals surface area contributed by atoms with E-state index >= 15 is 0 Å². The molecule has 5 nitrogen and oxygen atoms in total. The van der Waals surface area contributed by atoms with Gasteiger partial charge in [-0.15, -0.1) is 0 Å². The van der Waals surface area contributed by atoms with Crippen LogP contribution in [0.3, 0.4) is 0 Å². The van der Waals surface area contributed by atoms with Crippen LogP contribution in [0.4, 0.5) is 5.69 Å². The zero-order chi connectivity index (χ0) is 15.2. The second-order valence-electron chi connectivity index (χ2n) is 4.89. The molecule has 0 bridgehead atoms. The first kappa shape index (κ1) is 16.1. The first-order valence-electron chi connectivity index (χ1n) is 6.80. The van der Waals surface area contributed by atoms with Crippen molar-refractivity contribution in [2.45, 2.75) is 12.8 Å². The molecule has 0 unspecified atom stereocenters. The van der Waals surface area contributed by atoms with Gasteiger partial charge in [-0.2, -0.15) is 0 Å². The van der Waals surface area contributed by atoms with Crippen molar-refractivity contribution in [2.75, 3.05) is 25.0 Å². The van der Waals surface area contributed by atoms with Gasteiger partial charge in [-0.1, -0.05) is 29.3 Å². The van der Waals surface area contributed by atoms with E-state index in [1.165, 1.54) is 0 Å². The van der Waals surface area contributed by atoms with Crippen LogP contribution in [-0.4, -0.2) is 31.4 Å². The fourth-order valence-electron chi connectivity index (χ4n) is 1.77. The molecule has 1 fully saturated rings. The van der Waals surface area contributed by atoms with Crippen LogP contribution in [0.5, 0.6) is 0 Å². The molecule has 0 saturated heterocycles. The maximum atomic E-state index is 11.8. The Morgan fingerprint density at radius 1 is 1.14 bits per heavy atom. The first-order chi connectivity index (χ1) is 10.1. The minimum atomic E-state index is -0.237. The molecule has 1 aromatic carbocycles. The van der Waals surface area contributed by atoms with Gasteiger partial charge in [0.25, 0.3) is 0 Å². The number of hydrogen-bond donors (Lipinski definition) is 3. The number of amides is 2. The van der Waals surface area contributed by atoms with E-state index in [-0.39, 0.29) is 24.3 Å². The number of benzene rings is 1. The summed E-state index contributed by atoms with van der Waals surface area (Å²) in [4.78, 5) is 23.1. The third-order valence-corrected chi connectivity index (χ3v) is 3.69. The van der Waals surface area contributed by atoms with Crippen LogP contribution in [0.25, 0.3) is 0 Å². The van der Waals surface area contributed by atoms with Crippen LogP contribution in [-0.2, 0) is 9.59 Å². The van der Waals surface area contributed by atoms with Crippen molar-refractivity contribution in [3.8, 4) is 0 Å². The minimum absolute atomic E-state index is 0.101. The summed E-state index contributed by atoms with van der Waals surface area (Å²) in [5.74, 6) is 0.0679. The average molecular weight is 330 g/mol. The summed E-state index contributed by atoms with van der Waals surface area (Å²) >= 11 is 11.9. The third-order valence-electron chi connectivity index (χ3n) is 3.06. The summed E-state index contributed by atoms with van der Waals surface area (Å²) in [5.41, 5.74) is 0.412. The Labute approximate surface area is 133 Å². The Morgan fingerprint density at radius 2 is 1.81 bits per heavy atom. The Bertz CT molecular complexity index is 513. The van der Waals surface area contributed by atoms with Gasteiger partial charge in [0, 0.05) is 19.0 Å². The molecule has 1 saturated carbocycles. The number of anilines is 1. The highest BCUT2D eigenvalue weighted by molar-refractivity contribution is 6.39. The second kappa shape index (κ2) is 7.64. The summed E-state index contributed by atoms with van der Waals surface area (Å²) in [7, 11) is 0. The van der Waals surface area contributed by atoms with E-state index in [1.54, 1.807) is 18.2 Å². The molecule has 3 N–H and O–H groups in total. The molecular formula is C14H17Cl2N3O2. The Morgan fingerprint density at radius 3 is 2.43 bits per heavy atom. The van der Waals surface area contributed by atoms with E-state index in [0.717, 1.165) is 12.8 Å². The second-order valence-corrected chi connectivity index (χ2v) is 5.70. The molecule has 1 aliphatic carbocycles. The van der Waals surface area contributed by atoms with E-state index < -0.39 is 0 Å². The van der Waals surface area contributed by atoms with Crippen LogP contribution in [0, 0.1) is 5.92 Å². The Kier molecular flexibility index (Phi) is 5.85. The fraction of sp³-hybridized carbons (Fsp3) is 0.429. The van der Waals surface area contributed by atoms with Gasteiger partial charge in [0.2, 0.25) is 11.8 Å². The Hall–Kier alpha value is -1.30. The van der Waals surface area contributed by atoms with Crippen LogP contribution in [0.2, 0.25) is 10.0 Å². The molecule has 0 aromatic heterocycles. The number of rotatable bonds is 7. The number of para-hydroxylation sites is 1. The summed E-state index contributed by atoms with van der Waals surface area (Å²) < 4.78 is 0. The van der Waals surface area contributed by atoms with Crippen LogP contribution in [0.15, 0.2) is 18.2 Å². The number of nitrogens with one attached hydrogen (secondary N) is 3. The fourth-order valence-corrected chi connectivity index (χ4v) is 2.26. The topological polar surface area (TPSA) is 70.2 Å². The number of carbonyl (C=O) groups is 2. The summed E-state index contributed by atoms with van der Waals surface area (Å²) in [6.45, 7) is 1.17. The normalized spacial score (nSPS) is 13.8. The van der Waals surface area contributed by atoms with Crippen LogP contribution >= 0.6 is 23.2 Å². The highest BCUT2D eigenvalue weighted by atomic mass is 35.5. The average Bonchev–Trinajstić information content (AvgIpc) is 3.27. The lowest BCUT2D eigenvalue weighted by Gasteiger charge is -2.10. The van der Waals surface area contributed by atoms with Crippen LogP contribution < -0.4 is 16.0 Å². The number of carbonyl (C=O) groups excluding carboxylic acids is 2. The molecule has 7 heteroatoms. The van der Waals surface area contributed by atoms with Gasteiger partial charge < -0.3 is 16.0 Å². The van der Waals surface area contributed by atoms with Crippen molar-refractivity contribution in [3.63, 3.8) is 0 Å². The van der Waals surface area contributed by atoms with E-state index in [2.05, 4.69) is 16.0 Å². The van der Waals surface area contributed by atoms with Gasteiger partial charge >= 0.3 is 0 Å². The zero-order valence-electron chi connectivity index (χ0n) is 11.4. The number of hydrogen-bond acceptors (Lipinski definition) is 3. The van der Waals surface area contributed by atoms with Gasteiger partial charge in [0.15, 0.2) is 0 Å². The van der Waals surface area contributed by atoms with Crippen molar-refractivity contribution >= 4 is 40.7 Å². The van der Waals surface area contributed by atoms with Crippen molar-refractivity contribution in [3.05, 3.63) is 28.2 Å². The largest absolute Gasteiger partial charge is 0.355 e. The predicted molar refractivity (Wildman–Crippen MR) is 83.7 cm³/mol. The molecule has 0 radical (unpaired) electrons. The highest BCUT2D eigenvalue weighted by Crippen LogP contribution is 2.29. The first-order valence-corrected chi connectivity index (χ1v) is 7.56. The summed E-state index contributed by atoms with van der Waals surface area (Å²) in [5, 5.41) is 9.20. The van der Waals surface area contributed by atoms with Crippen molar-refractivity contribution < 1.29 is 9.59 Å². The SMILES string of the molecule is O=C(CNCCNC(=O)C1CC1)Nc1c(Cl)cccc1Cl. The molecule has 2 amide bonds. The minimum Gasteiger partial charge on any atom is -0.355 e. The van der Waals surface area contributed by atoms with E-state index in [4.69, 9.17) is 23.2 Å². The zero-order valence-corrected chi connectivity index (χ0v) is 12.9.